The largest absolute Gasteiger partial charge is 0.497 e. The van der Waals surface area contributed by atoms with Gasteiger partial charge >= 0.3 is 0 Å². The van der Waals surface area contributed by atoms with Crippen LogP contribution in [0.25, 0.3) is 0 Å². The average molecular weight is 327 g/mol. The van der Waals surface area contributed by atoms with Crippen LogP contribution in [0.15, 0.2) is 35.1 Å². The Bertz CT molecular complexity index is 798. The lowest BCUT2D eigenvalue weighted by Gasteiger charge is -2.10. The third-order valence-electron chi connectivity index (χ3n) is 4.17. The summed E-state index contributed by atoms with van der Waals surface area (Å²) in [7, 11) is 1.57. The molecule has 24 heavy (non-hydrogen) atoms. The van der Waals surface area contributed by atoms with Crippen LogP contribution in [0.5, 0.6) is 5.75 Å². The van der Waals surface area contributed by atoms with Crippen LogP contribution in [-0.4, -0.2) is 22.8 Å². The van der Waals surface area contributed by atoms with Gasteiger partial charge in [-0.15, -0.1) is 0 Å². The summed E-state index contributed by atoms with van der Waals surface area (Å²) >= 11 is 0. The van der Waals surface area contributed by atoms with Crippen LogP contribution in [0, 0.1) is 0 Å². The number of hydrogen-bond donors (Lipinski definition) is 1. The second kappa shape index (κ2) is 7.29. The summed E-state index contributed by atoms with van der Waals surface area (Å²) in [6.45, 7) is -0.0939. The first-order valence-corrected chi connectivity index (χ1v) is 8.19. The fraction of sp³-hybridized carbons (Fsp3) is 0.389. The summed E-state index contributed by atoms with van der Waals surface area (Å²) in [4.78, 5) is 24.4. The Labute approximate surface area is 140 Å². The number of aromatic nitrogens is 2. The fourth-order valence-corrected chi connectivity index (χ4v) is 2.93. The molecule has 0 fully saturated rings. The van der Waals surface area contributed by atoms with Gasteiger partial charge in [-0.25, -0.2) is 4.68 Å². The fourth-order valence-electron chi connectivity index (χ4n) is 2.93. The Kier molecular flexibility index (Phi) is 4.93. The maximum atomic E-state index is 12.2. The molecule has 0 saturated carbocycles. The van der Waals surface area contributed by atoms with Crippen molar-refractivity contribution in [3.63, 3.8) is 0 Å². The van der Waals surface area contributed by atoms with Crippen LogP contribution in [0.4, 0.5) is 5.69 Å². The number of carbonyl (C=O) groups is 1. The number of nitrogens with zero attached hydrogens (tertiary/aromatic N) is 2. The standard InChI is InChI=1S/C18H21N3O3/c1-24-15-8-5-7-14(11-15)19-17(22)12-21-18(23)10-13-6-3-2-4-9-16(13)20-21/h5,7-8,10-11H,2-4,6,9,12H2,1H3,(H,19,22). The highest BCUT2D eigenvalue weighted by atomic mass is 16.5. The van der Waals surface area contributed by atoms with E-state index in [1.807, 2.05) is 0 Å². The number of nitrogens with one attached hydrogen (secondary N) is 1. The Morgan fingerprint density at radius 1 is 1.25 bits per heavy atom. The molecule has 0 saturated heterocycles. The van der Waals surface area contributed by atoms with Gasteiger partial charge in [0.15, 0.2) is 0 Å². The predicted molar refractivity (Wildman–Crippen MR) is 91.4 cm³/mol. The molecule has 0 aliphatic heterocycles. The normalized spacial score (nSPS) is 13.7. The van der Waals surface area contributed by atoms with E-state index < -0.39 is 0 Å². The van der Waals surface area contributed by atoms with Crippen molar-refractivity contribution in [3.05, 3.63) is 51.9 Å². The quantitative estimate of drug-likeness (QED) is 0.874. The molecular formula is C18H21N3O3. The van der Waals surface area contributed by atoms with Gasteiger partial charge in [0.25, 0.3) is 5.56 Å². The molecule has 1 aromatic heterocycles. The zero-order valence-electron chi connectivity index (χ0n) is 13.7. The third-order valence-corrected chi connectivity index (χ3v) is 4.17. The Balaban J connectivity index is 1.74. The molecule has 1 N–H and O–H groups in total. The van der Waals surface area contributed by atoms with E-state index in [0.29, 0.717) is 11.4 Å². The van der Waals surface area contributed by atoms with E-state index in [9.17, 15) is 9.59 Å². The molecule has 0 spiro atoms. The lowest BCUT2D eigenvalue weighted by atomic mass is 10.1. The zero-order chi connectivity index (χ0) is 16.9. The average Bonchev–Trinajstić information content (AvgIpc) is 2.80. The summed E-state index contributed by atoms with van der Waals surface area (Å²) < 4.78 is 6.38. The van der Waals surface area contributed by atoms with E-state index in [2.05, 4.69) is 10.4 Å². The number of aryl methyl sites for hydroxylation is 2. The lowest BCUT2D eigenvalue weighted by Crippen LogP contribution is -2.30. The number of ether oxygens (including phenoxy) is 1. The Hall–Kier alpha value is -2.63. The van der Waals surface area contributed by atoms with Gasteiger partial charge in [-0.3, -0.25) is 9.59 Å². The van der Waals surface area contributed by atoms with E-state index in [1.165, 1.54) is 4.68 Å². The van der Waals surface area contributed by atoms with Gasteiger partial charge in [0.2, 0.25) is 5.91 Å². The third kappa shape index (κ3) is 3.82. The topological polar surface area (TPSA) is 73.2 Å². The first kappa shape index (κ1) is 16.2. The molecule has 1 aliphatic carbocycles. The maximum Gasteiger partial charge on any atom is 0.267 e. The van der Waals surface area contributed by atoms with Crippen LogP contribution in [0.3, 0.4) is 0 Å². The summed E-state index contributed by atoms with van der Waals surface area (Å²) in [6, 6.07) is 8.72. The number of anilines is 1. The summed E-state index contributed by atoms with van der Waals surface area (Å²) in [5, 5.41) is 7.17. The van der Waals surface area contributed by atoms with Gasteiger partial charge in [-0.05, 0) is 43.4 Å². The van der Waals surface area contributed by atoms with Crippen LogP contribution in [0.1, 0.15) is 30.5 Å². The number of hydrogen-bond acceptors (Lipinski definition) is 4. The number of fused-ring (bicyclic) bond motifs is 1. The minimum absolute atomic E-state index is 0.0939. The molecule has 0 radical (unpaired) electrons. The first-order valence-electron chi connectivity index (χ1n) is 8.19. The van der Waals surface area contributed by atoms with Crippen molar-refractivity contribution in [3.8, 4) is 5.75 Å². The SMILES string of the molecule is COc1cccc(NC(=O)Cn2nc3c(cc2=O)CCCCC3)c1. The van der Waals surface area contributed by atoms with E-state index >= 15 is 0 Å². The molecular weight excluding hydrogens is 306 g/mol. The molecule has 3 rings (SSSR count). The second-order valence-corrected chi connectivity index (χ2v) is 5.95. The molecule has 126 valence electrons. The van der Waals surface area contributed by atoms with Crippen molar-refractivity contribution in [2.45, 2.75) is 38.6 Å². The van der Waals surface area contributed by atoms with Gasteiger partial charge in [0.05, 0.1) is 12.8 Å². The van der Waals surface area contributed by atoms with Crippen molar-refractivity contribution in [1.29, 1.82) is 0 Å². The van der Waals surface area contributed by atoms with Gasteiger partial charge < -0.3 is 10.1 Å². The molecule has 0 unspecified atom stereocenters. The maximum absolute atomic E-state index is 12.2. The van der Waals surface area contributed by atoms with Crippen molar-refractivity contribution < 1.29 is 9.53 Å². The van der Waals surface area contributed by atoms with Gasteiger partial charge in [-0.2, -0.15) is 5.10 Å². The Morgan fingerprint density at radius 3 is 2.92 bits per heavy atom. The second-order valence-electron chi connectivity index (χ2n) is 5.95. The van der Waals surface area contributed by atoms with E-state index in [1.54, 1.807) is 37.4 Å². The van der Waals surface area contributed by atoms with E-state index in [-0.39, 0.29) is 18.0 Å². The predicted octanol–water partition coefficient (Wildman–Crippen LogP) is 2.16. The van der Waals surface area contributed by atoms with Crippen LogP contribution in [-0.2, 0) is 24.2 Å². The molecule has 6 nitrogen and oxygen atoms in total. The van der Waals surface area contributed by atoms with Crippen LogP contribution < -0.4 is 15.6 Å². The van der Waals surface area contributed by atoms with Crippen LogP contribution in [0.2, 0.25) is 0 Å². The number of methoxy groups -OCH3 is 1. The Morgan fingerprint density at radius 2 is 2.08 bits per heavy atom. The van der Waals surface area contributed by atoms with Gasteiger partial charge in [0, 0.05) is 17.8 Å². The molecule has 1 amide bonds. The number of carbonyl (C=O) groups excluding carboxylic acids is 1. The van der Waals surface area contributed by atoms with Crippen molar-refractivity contribution in [1.82, 2.24) is 9.78 Å². The molecule has 1 aliphatic rings. The minimum Gasteiger partial charge on any atom is -0.497 e. The van der Waals surface area contributed by atoms with E-state index in [4.69, 9.17) is 4.74 Å². The highest BCUT2D eigenvalue weighted by Gasteiger charge is 2.14. The summed E-state index contributed by atoms with van der Waals surface area (Å²) in [5.74, 6) is 0.375. The van der Waals surface area contributed by atoms with Crippen molar-refractivity contribution >= 4 is 11.6 Å². The van der Waals surface area contributed by atoms with E-state index in [0.717, 1.165) is 43.4 Å². The highest BCUT2D eigenvalue weighted by molar-refractivity contribution is 5.90. The van der Waals surface area contributed by atoms with Gasteiger partial charge in [0.1, 0.15) is 12.3 Å². The molecule has 2 aromatic rings. The monoisotopic (exact) mass is 327 g/mol. The van der Waals surface area contributed by atoms with Gasteiger partial charge in [-0.1, -0.05) is 12.5 Å². The lowest BCUT2D eigenvalue weighted by molar-refractivity contribution is -0.117. The zero-order valence-corrected chi connectivity index (χ0v) is 13.7. The summed E-state index contributed by atoms with van der Waals surface area (Å²) in [5.41, 5.74) is 2.38. The van der Waals surface area contributed by atoms with Crippen LogP contribution >= 0.6 is 0 Å². The molecule has 0 bridgehead atoms. The smallest absolute Gasteiger partial charge is 0.267 e. The number of benzene rings is 1. The first-order chi connectivity index (χ1) is 11.7. The molecule has 6 heteroatoms. The highest BCUT2D eigenvalue weighted by Crippen LogP contribution is 2.18. The molecule has 0 atom stereocenters. The van der Waals surface area contributed by atoms with Crippen molar-refractivity contribution in [2.24, 2.45) is 0 Å². The molecule has 1 aromatic carbocycles. The number of rotatable bonds is 4. The minimum atomic E-state index is -0.286. The number of amides is 1. The van der Waals surface area contributed by atoms with Crippen molar-refractivity contribution in [2.75, 3.05) is 12.4 Å². The molecule has 1 heterocycles. The summed E-state index contributed by atoms with van der Waals surface area (Å²) in [6.07, 6.45) is 5.09.